The van der Waals surface area contributed by atoms with Gasteiger partial charge in [-0.3, -0.25) is 0 Å². The lowest BCUT2D eigenvalue weighted by atomic mass is 9.73. The van der Waals surface area contributed by atoms with E-state index < -0.39 is 23.1 Å². The van der Waals surface area contributed by atoms with Gasteiger partial charge in [-0.2, -0.15) is 0 Å². The Labute approximate surface area is 145 Å². The molecule has 0 saturated heterocycles. The van der Waals surface area contributed by atoms with Crippen molar-refractivity contribution in [3.05, 3.63) is 64.1 Å². The van der Waals surface area contributed by atoms with Crippen LogP contribution in [0.15, 0.2) is 51.7 Å². The molecular formula is C20H20O5. The highest BCUT2D eigenvalue weighted by molar-refractivity contribution is 5.88. The molecule has 0 unspecified atom stereocenters. The summed E-state index contributed by atoms with van der Waals surface area (Å²) in [7, 11) is 0. The van der Waals surface area contributed by atoms with Crippen LogP contribution in [0.2, 0.25) is 0 Å². The Kier molecular flexibility index (Phi) is 3.27. The highest BCUT2D eigenvalue weighted by Gasteiger charge is 2.57. The van der Waals surface area contributed by atoms with Gasteiger partial charge in [0, 0.05) is 0 Å². The standard InChI is InChI=1S/C20H20O5/c1-5-19(4)10-13-16(24-20(19)9-12(3)17(21)25-20)15-11(2)7-6-8-14(15)23-18(13)22/h5-9,17,21H,1,10H2,2-4H3/t17-,19+,20-/m0/s1. The molecule has 1 aromatic carbocycles. The number of aliphatic hydroxyl groups is 1. The summed E-state index contributed by atoms with van der Waals surface area (Å²) in [6.45, 7) is 9.52. The van der Waals surface area contributed by atoms with Crippen LogP contribution in [0, 0.1) is 12.3 Å². The average molecular weight is 340 g/mol. The van der Waals surface area contributed by atoms with Crippen LogP contribution in [0.5, 0.6) is 5.75 Å². The monoisotopic (exact) mass is 340 g/mol. The number of rotatable bonds is 1. The first kappa shape index (κ1) is 16.1. The molecule has 130 valence electrons. The van der Waals surface area contributed by atoms with E-state index in [9.17, 15) is 9.90 Å². The zero-order chi connectivity index (χ0) is 18.0. The molecule has 0 aliphatic carbocycles. The zero-order valence-electron chi connectivity index (χ0n) is 14.5. The smallest absolute Gasteiger partial charge is 0.343 e. The van der Waals surface area contributed by atoms with E-state index in [-0.39, 0.29) is 0 Å². The third kappa shape index (κ3) is 2.06. The van der Waals surface area contributed by atoms with Crippen molar-refractivity contribution < 1.29 is 19.0 Å². The lowest BCUT2D eigenvalue weighted by Gasteiger charge is -2.46. The van der Waals surface area contributed by atoms with Gasteiger partial charge in [-0.25, -0.2) is 4.79 Å². The van der Waals surface area contributed by atoms with Crippen molar-refractivity contribution >= 4 is 11.0 Å². The molecule has 4 rings (SSSR count). The molecule has 0 saturated carbocycles. The van der Waals surface area contributed by atoms with Crippen LogP contribution < -0.4 is 10.4 Å². The number of hydrogen-bond acceptors (Lipinski definition) is 5. The number of ether oxygens (including phenoxy) is 2. The van der Waals surface area contributed by atoms with E-state index >= 15 is 0 Å². The van der Waals surface area contributed by atoms with E-state index in [0.29, 0.717) is 28.9 Å². The van der Waals surface area contributed by atoms with Crippen molar-refractivity contribution in [3.8, 4) is 5.75 Å². The van der Waals surface area contributed by atoms with Crippen molar-refractivity contribution in [3.63, 3.8) is 0 Å². The van der Waals surface area contributed by atoms with Gasteiger partial charge in [0.05, 0.1) is 16.4 Å². The summed E-state index contributed by atoms with van der Waals surface area (Å²) in [5.41, 5.74) is 1.39. The first-order valence-electron chi connectivity index (χ1n) is 8.23. The van der Waals surface area contributed by atoms with E-state index in [2.05, 4.69) is 6.58 Å². The molecular weight excluding hydrogens is 320 g/mol. The van der Waals surface area contributed by atoms with Crippen LogP contribution in [0.1, 0.15) is 25.0 Å². The second-order valence-corrected chi connectivity index (χ2v) is 7.07. The molecule has 2 aliphatic rings. The summed E-state index contributed by atoms with van der Waals surface area (Å²) in [4.78, 5) is 12.5. The predicted molar refractivity (Wildman–Crippen MR) is 93.4 cm³/mol. The number of hydrogen-bond donors (Lipinski definition) is 1. The van der Waals surface area contributed by atoms with Crippen LogP contribution in [0.4, 0.5) is 0 Å². The van der Waals surface area contributed by atoms with Crippen molar-refractivity contribution in [2.24, 2.45) is 5.41 Å². The Hall–Kier alpha value is -2.37. The number of aliphatic hydroxyl groups excluding tert-OH is 1. The van der Waals surface area contributed by atoms with E-state index in [1.54, 1.807) is 25.1 Å². The van der Waals surface area contributed by atoms with Gasteiger partial charge in [-0.15, -0.1) is 6.58 Å². The quantitative estimate of drug-likeness (QED) is 0.638. The second-order valence-electron chi connectivity index (χ2n) is 7.07. The van der Waals surface area contributed by atoms with Crippen LogP contribution in [0.3, 0.4) is 0 Å². The molecule has 0 bridgehead atoms. The molecule has 0 fully saturated rings. The van der Waals surface area contributed by atoms with Gasteiger partial charge in [0.15, 0.2) is 6.29 Å². The highest BCUT2D eigenvalue weighted by Crippen LogP contribution is 2.52. The molecule has 5 nitrogen and oxygen atoms in total. The molecule has 1 aromatic heterocycles. The van der Waals surface area contributed by atoms with Gasteiger partial charge in [0.25, 0.3) is 0 Å². The Bertz CT molecular complexity index is 985. The SMILES string of the molecule is C=C[C@]1(C)Cc2c(c3c(C)cccc3oc2=O)O[C@]12C=C(C)[C@@H](O)O2. The van der Waals surface area contributed by atoms with Gasteiger partial charge >= 0.3 is 5.63 Å². The Morgan fingerprint density at radius 1 is 1.36 bits per heavy atom. The number of aryl methyl sites for hydroxylation is 1. The Morgan fingerprint density at radius 3 is 2.76 bits per heavy atom. The summed E-state index contributed by atoms with van der Waals surface area (Å²) < 4.78 is 17.6. The summed E-state index contributed by atoms with van der Waals surface area (Å²) in [6.07, 6.45) is 2.78. The summed E-state index contributed by atoms with van der Waals surface area (Å²) >= 11 is 0. The van der Waals surface area contributed by atoms with E-state index in [0.717, 1.165) is 10.9 Å². The van der Waals surface area contributed by atoms with Gasteiger partial charge in [0.1, 0.15) is 11.3 Å². The first-order valence-corrected chi connectivity index (χ1v) is 8.23. The molecule has 5 heteroatoms. The molecule has 3 atom stereocenters. The van der Waals surface area contributed by atoms with Crippen LogP contribution >= 0.6 is 0 Å². The van der Waals surface area contributed by atoms with Crippen LogP contribution in [-0.4, -0.2) is 17.2 Å². The third-order valence-corrected chi connectivity index (χ3v) is 5.32. The first-order chi connectivity index (χ1) is 11.8. The van der Waals surface area contributed by atoms with E-state index in [1.165, 1.54) is 0 Å². The zero-order valence-corrected chi connectivity index (χ0v) is 14.5. The fourth-order valence-electron chi connectivity index (χ4n) is 3.68. The summed E-state index contributed by atoms with van der Waals surface area (Å²) in [5, 5.41) is 10.9. The maximum absolute atomic E-state index is 12.5. The topological polar surface area (TPSA) is 68.9 Å². The van der Waals surface area contributed by atoms with Gasteiger partial charge in [-0.1, -0.05) is 18.2 Å². The largest absolute Gasteiger partial charge is 0.456 e. The minimum absolute atomic E-state index is 0.342. The molecule has 2 aliphatic heterocycles. The van der Waals surface area contributed by atoms with Gasteiger partial charge in [0.2, 0.25) is 5.79 Å². The maximum atomic E-state index is 12.5. The lowest BCUT2D eigenvalue weighted by molar-refractivity contribution is -0.253. The molecule has 3 heterocycles. The van der Waals surface area contributed by atoms with Crippen LogP contribution in [0.25, 0.3) is 11.0 Å². The molecule has 0 radical (unpaired) electrons. The van der Waals surface area contributed by atoms with Gasteiger partial charge < -0.3 is 19.0 Å². The van der Waals surface area contributed by atoms with E-state index in [1.807, 2.05) is 26.0 Å². The van der Waals surface area contributed by atoms with E-state index in [4.69, 9.17) is 13.9 Å². The fourth-order valence-corrected chi connectivity index (χ4v) is 3.68. The molecule has 0 amide bonds. The Morgan fingerprint density at radius 2 is 2.12 bits per heavy atom. The average Bonchev–Trinajstić information content (AvgIpc) is 2.85. The van der Waals surface area contributed by atoms with Crippen molar-refractivity contribution in [2.45, 2.75) is 39.3 Å². The summed E-state index contributed by atoms with van der Waals surface area (Å²) in [5.74, 6) is -0.754. The highest BCUT2D eigenvalue weighted by atomic mass is 16.8. The molecule has 25 heavy (non-hydrogen) atoms. The minimum Gasteiger partial charge on any atom is -0.456 e. The van der Waals surface area contributed by atoms with Gasteiger partial charge in [-0.05, 0) is 50.5 Å². The summed E-state index contributed by atoms with van der Waals surface area (Å²) in [6, 6.07) is 5.51. The van der Waals surface area contributed by atoms with Crippen molar-refractivity contribution in [1.82, 2.24) is 0 Å². The lowest BCUT2D eigenvalue weighted by Crippen LogP contribution is -2.54. The Balaban J connectivity index is 2.04. The molecule has 1 spiro atoms. The fraction of sp³-hybridized carbons (Fsp3) is 0.350. The van der Waals surface area contributed by atoms with Crippen molar-refractivity contribution in [1.29, 1.82) is 0 Å². The normalized spacial score (nSPS) is 30.9. The minimum atomic E-state index is -1.21. The third-order valence-electron chi connectivity index (χ3n) is 5.32. The molecule has 1 N–H and O–H groups in total. The molecule has 2 aromatic rings. The number of benzene rings is 1. The second kappa shape index (κ2) is 5.07. The predicted octanol–water partition coefficient (Wildman–Crippen LogP) is 3.22. The van der Waals surface area contributed by atoms with Crippen LogP contribution in [-0.2, 0) is 11.2 Å². The van der Waals surface area contributed by atoms with Crippen molar-refractivity contribution in [2.75, 3.05) is 0 Å². The maximum Gasteiger partial charge on any atom is 0.343 e. The number of fused-ring (bicyclic) bond motifs is 3.